The predicted molar refractivity (Wildman–Crippen MR) is 74.4 cm³/mol. The second-order valence-electron chi connectivity index (χ2n) is 4.04. The molecule has 1 heterocycles. The molecule has 0 saturated heterocycles. The Kier molecular flexibility index (Phi) is 4.19. The van der Waals surface area contributed by atoms with Gasteiger partial charge in [-0.1, -0.05) is 35.9 Å². The molecule has 2 aromatic rings. The Morgan fingerprint density at radius 2 is 2.05 bits per heavy atom. The number of benzene rings is 1. The molecule has 0 aliphatic heterocycles. The lowest BCUT2D eigenvalue weighted by Gasteiger charge is -2.09. The minimum Gasteiger partial charge on any atom is -0.505 e. The molecule has 100 valence electrons. The largest absolute Gasteiger partial charge is 0.505 e. The van der Waals surface area contributed by atoms with E-state index in [-0.39, 0.29) is 16.6 Å². The van der Waals surface area contributed by atoms with Crippen LogP contribution in [0.3, 0.4) is 0 Å². The van der Waals surface area contributed by atoms with Crippen molar-refractivity contribution in [3.63, 3.8) is 0 Å². The number of nitrogens with zero attached hydrogens (tertiary/aromatic N) is 1. The molecule has 4 N–H and O–H groups in total. The van der Waals surface area contributed by atoms with Gasteiger partial charge in [0.2, 0.25) is 0 Å². The molecular weight excluding hydrogens is 266 g/mol. The summed E-state index contributed by atoms with van der Waals surface area (Å²) in [5.41, 5.74) is 5.28. The van der Waals surface area contributed by atoms with Crippen LogP contribution in [0.25, 0.3) is 10.8 Å². The van der Waals surface area contributed by atoms with E-state index in [1.165, 1.54) is 0 Å². The standard InChI is InChI=1S/C13H14ClN3O2/c14-12-9-5-2-1-4-8(9)11(18)10(17-12)13(19)16-7-3-6-15/h1-2,4-5,18H,3,6-7,15H2,(H,16,19). The molecule has 2 rings (SSSR count). The van der Waals surface area contributed by atoms with Crippen LogP contribution in [0.2, 0.25) is 5.15 Å². The first-order chi connectivity index (χ1) is 9.15. The molecule has 0 fully saturated rings. The van der Waals surface area contributed by atoms with Crippen molar-refractivity contribution in [2.24, 2.45) is 5.73 Å². The summed E-state index contributed by atoms with van der Waals surface area (Å²) in [6.07, 6.45) is 0.661. The highest BCUT2D eigenvalue weighted by Gasteiger charge is 2.17. The number of fused-ring (bicyclic) bond motifs is 1. The number of hydrogen-bond acceptors (Lipinski definition) is 4. The fraction of sp³-hybridized carbons (Fsp3) is 0.231. The average Bonchev–Trinajstić information content (AvgIpc) is 2.43. The van der Waals surface area contributed by atoms with Crippen LogP contribution in [0.1, 0.15) is 16.9 Å². The molecule has 5 nitrogen and oxygen atoms in total. The van der Waals surface area contributed by atoms with Gasteiger partial charge in [0.1, 0.15) is 5.15 Å². The molecule has 0 aliphatic rings. The molecular formula is C13H14ClN3O2. The van der Waals surface area contributed by atoms with Crippen LogP contribution < -0.4 is 11.1 Å². The number of amides is 1. The highest BCUT2D eigenvalue weighted by molar-refractivity contribution is 6.34. The number of aromatic nitrogens is 1. The second-order valence-corrected chi connectivity index (χ2v) is 4.40. The Morgan fingerprint density at radius 3 is 2.74 bits per heavy atom. The van der Waals surface area contributed by atoms with Gasteiger partial charge in [0.15, 0.2) is 11.4 Å². The first-order valence-corrected chi connectivity index (χ1v) is 6.28. The SMILES string of the molecule is NCCCNC(=O)c1nc(Cl)c2ccccc2c1O. The van der Waals surface area contributed by atoms with Gasteiger partial charge in [0.25, 0.3) is 5.91 Å². The van der Waals surface area contributed by atoms with Crippen molar-refractivity contribution in [3.8, 4) is 5.75 Å². The maximum Gasteiger partial charge on any atom is 0.273 e. The van der Waals surface area contributed by atoms with Gasteiger partial charge in [-0.05, 0) is 13.0 Å². The number of carbonyl (C=O) groups is 1. The molecule has 6 heteroatoms. The van der Waals surface area contributed by atoms with E-state index < -0.39 is 5.91 Å². The number of pyridine rings is 1. The average molecular weight is 280 g/mol. The first-order valence-electron chi connectivity index (χ1n) is 5.90. The lowest BCUT2D eigenvalue weighted by atomic mass is 10.1. The highest BCUT2D eigenvalue weighted by Crippen LogP contribution is 2.31. The molecule has 0 saturated carbocycles. The van der Waals surface area contributed by atoms with E-state index in [4.69, 9.17) is 17.3 Å². The van der Waals surface area contributed by atoms with Crippen LogP contribution in [0.5, 0.6) is 5.75 Å². The fourth-order valence-corrected chi connectivity index (χ4v) is 2.00. The second kappa shape index (κ2) is 5.86. The van der Waals surface area contributed by atoms with E-state index in [0.29, 0.717) is 30.3 Å². The van der Waals surface area contributed by atoms with Crippen LogP contribution in [0.4, 0.5) is 0 Å². The number of hydrogen-bond donors (Lipinski definition) is 3. The number of rotatable bonds is 4. The third-order valence-corrected chi connectivity index (χ3v) is 3.01. The zero-order chi connectivity index (χ0) is 13.8. The van der Waals surface area contributed by atoms with E-state index in [1.54, 1.807) is 24.3 Å². The number of nitrogens with two attached hydrogens (primary N) is 1. The number of carbonyl (C=O) groups excluding carboxylic acids is 1. The van der Waals surface area contributed by atoms with Gasteiger partial charge in [0.05, 0.1) is 0 Å². The number of nitrogens with one attached hydrogen (secondary N) is 1. The summed E-state index contributed by atoms with van der Waals surface area (Å²) >= 11 is 6.02. The molecule has 1 amide bonds. The summed E-state index contributed by atoms with van der Waals surface area (Å²) in [5, 5.41) is 14.0. The van der Waals surface area contributed by atoms with Crippen molar-refractivity contribution in [2.75, 3.05) is 13.1 Å². The molecule has 1 aromatic carbocycles. The van der Waals surface area contributed by atoms with Gasteiger partial charge in [0, 0.05) is 17.3 Å². The van der Waals surface area contributed by atoms with E-state index >= 15 is 0 Å². The van der Waals surface area contributed by atoms with Gasteiger partial charge in [-0.3, -0.25) is 4.79 Å². The Hall–Kier alpha value is -1.85. The van der Waals surface area contributed by atoms with Crippen molar-refractivity contribution in [1.29, 1.82) is 0 Å². The molecule has 0 unspecified atom stereocenters. The van der Waals surface area contributed by atoms with Crippen LogP contribution in [0, 0.1) is 0 Å². The maximum absolute atomic E-state index is 11.9. The van der Waals surface area contributed by atoms with E-state index in [2.05, 4.69) is 10.3 Å². The fourth-order valence-electron chi connectivity index (χ4n) is 1.75. The minimum atomic E-state index is -0.460. The molecule has 19 heavy (non-hydrogen) atoms. The van der Waals surface area contributed by atoms with E-state index in [9.17, 15) is 9.90 Å². The maximum atomic E-state index is 11.9. The lowest BCUT2D eigenvalue weighted by molar-refractivity contribution is 0.0946. The molecule has 1 aromatic heterocycles. The topological polar surface area (TPSA) is 88.2 Å². The molecule has 0 radical (unpaired) electrons. The van der Waals surface area contributed by atoms with Gasteiger partial charge in [-0.25, -0.2) is 4.98 Å². The number of aromatic hydroxyl groups is 1. The van der Waals surface area contributed by atoms with E-state index in [1.807, 2.05) is 0 Å². The summed E-state index contributed by atoms with van der Waals surface area (Å²) < 4.78 is 0. The lowest BCUT2D eigenvalue weighted by Crippen LogP contribution is -2.27. The quantitative estimate of drug-likeness (QED) is 0.587. The normalized spacial score (nSPS) is 10.6. The Bertz CT molecular complexity index is 616. The summed E-state index contributed by atoms with van der Waals surface area (Å²) in [6.45, 7) is 0.916. The van der Waals surface area contributed by atoms with Crippen molar-refractivity contribution in [1.82, 2.24) is 10.3 Å². The zero-order valence-electron chi connectivity index (χ0n) is 10.2. The van der Waals surface area contributed by atoms with Crippen LogP contribution in [-0.2, 0) is 0 Å². The molecule has 0 aliphatic carbocycles. The number of halogens is 1. The van der Waals surface area contributed by atoms with Gasteiger partial charge >= 0.3 is 0 Å². The van der Waals surface area contributed by atoms with Crippen LogP contribution in [-0.4, -0.2) is 29.1 Å². The Balaban J connectivity index is 2.39. The van der Waals surface area contributed by atoms with E-state index in [0.717, 1.165) is 0 Å². The van der Waals surface area contributed by atoms with Crippen molar-refractivity contribution in [3.05, 3.63) is 35.1 Å². The predicted octanol–water partition coefficient (Wildman–Crippen LogP) is 1.67. The summed E-state index contributed by atoms with van der Waals surface area (Å²) in [7, 11) is 0. The summed E-state index contributed by atoms with van der Waals surface area (Å²) in [5.74, 6) is -0.621. The van der Waals surface area contributed by atoms with Gasteiger partial charge in [-0.15, -0.1) is 0 Å². The highest BCUT2D eigenvalue weighted by atomic mass is 35.5. The summed E-state index contributed by atoms with van der Waals surface area (Å²) in [4.78, 5) is 15.9. The minimum absolute atomic E-state index is 0.0688. The smallest absolute Gasteiger partial charge is 0.273 e. The Morgan fingerprint density at radius 1 is 1.37 bits per heavy atom. The van der Waals surface area contributed by atoms with Crippen molar-refractivity contribution < 1.29 is 9.90 Å². The van der Waals surface area contributed by atoms with Crippen LogP contribution >= 0.6 is 11.6 Å². The first kappa shape index (κ1) is 13.6. The third kappa shape index (κ3) is 2.77. The van der Waals surface area contributed by atoms with Crippen LogP contribution in [0.15, 0.2) is 24.3 Å². The third-order valence-electron chi connectivity index (χ3n) is 2.72. The molecule has 0 bridgehead atoms. The summed E-state index contributed by atoms with van der Waals surface area (Å²) in [6, 6.07) is 6.97. The van der Waals surface area contributed by atoms with Gasteiger partial charge < -0.3 is 16.2 Å². The Labute approximate surface area is 115 Å². The van der Waals surface area contributed by atoms with Crippen molar-refractivity contribution >= 4 is 28.3 Å². The monoisotopic (exact) mass is 279 g/mol. The van der Waals surface area contributed by atoms with Gasteiger partial charge in [-0.2, -0.15) is 0 Å². The zero-order valence-corrected chi connectivity index (χ0v) is 10.9. The van der Waals surface area contributed by atoms with Crippen molar-refractivity contribution in [2.45, 2.75) is 6.42 Å². The molecule has 0 spiro atoms. The molecule has 0 atom stereocenters.